The number of nitrogens with zero attached hydrogens (tertiary/aromatic N) is 1. The second-order valence-electron chi connectivity index (χ2n) is 5.80. The van der Waals surface area contributed by atoms with Gasteiger partial charge in [0.25, 0.3) is 5.91 Å². The van der Waals surface area contributed by atoms with Crippen LogP contribution in [-0.2, 0) is 11.4 Å². The number of carbonyl (C=O) groups excluding carboxylic acids is 1. The van der Waals surface area contributed by atoms with Gasteiger partial charge in [0.05, 0.1) is 16.5 Å². The highest BCUT2D eigenvalue weighted by molar-refractivity contribution is 9.10. The van der Waals surface area contributed by atoms with Crippen LogP contribution in [-0.4, -0.2) is 29.3 Å². The SMILES string of the molecule is COc1cc(/C=C2\SC(=S)N(C)C2=O)cc(Br)c1OCc1ccc(Cl)cc1Cl. The van der Waals surface area contributed by atoms with E-state index in [0.29, 0.717) is 35.2 Å². The number of hydrogen-bond acceptors (Lipinski definition) is 5. The fourth-order valence-corrected chi connectivity index (χ4v) is 4.67. The molecule has 9 heteroatoms. The first-order valence-corrected chi connectivity index (χ1v) is 10.7. The van der Waals surface area contributed by atoms with Gasteiger partial charge in [0.15, 0.2) is 11.5 Å². The molecule has 4 nitrogen and oxygen atoms in total. The van der Waals surface area contributed by atoms with Crippen LogP contribution < -0.4 is 9.47 Å². The van der Waals surface area contributed by atoms with Crippen molar-refractivity contribution in [3.63, 3.8) is 0 Å². The molecule has 0 bridgehead atoms. The Morgan fingerprint density at radius 1 is 1.29 bits per heavy atom. The van der Waals surface area contributed by atoms with Gasteiger partial charge in [-0.25, -0.2) is 0 Å². The number of hydrogen-bond donors (Lipinski definition) is 0. The zero-order valence-corrected chi connectivity index (χ0v) is 19.5. The number of methoxy groups -OCH3 is 1. The predicted octanol–water partition coefficient (Wildman–Crippen LogP) is 6.17. The van der Waals surface area contributed by atoms with Gasteiger partial charge in [0.1, 0.15) is 10.9 Å². The monoisotopic (exact) mass is 517 g/mol. The van der Waals surface area contributed by atoms with Gasteiger partial charge >= 0.3 is 0 Å². The molecule has 0 spiro atoms. The number of rotatable bonds is 5. The van der Waals surface area contributed by atoms with Crippen molar-refractivity contribution in [2.75, 3.05) is 14.2 Å². The summed E-state index contributed by atoms with van der Waals surface area (Å²) < 4.78 is 12.6. The third-order valence-corrected chi connectivity index (χ3v) is 6.58. The van der Waals surface area contributed by atoms with E-state index in [2.05, 4.69) is 15.9 Å². The first-order valence-electron chi connectivity index (χ1n) is 7.96. The topological polar surface area (TPSA) is 38.8 Å². The standard InChI is InChI=1S/C19H14BrCl2NO3S2/c1-23-18(24)16(28-19(23)27)7-10-5-13(20)17(15(6-10)25-2)26-9-11-3-4-12(21)8-14(11)22/h3-8H,9H2,1-2H3/b16-7-. The predicted molar refractivity (Wildman–Crippen MR) is 122 cm³/mol. The molecular weight excluding hydrogens is 505 g/mol. The minimum absolute atomic E-state index is 0.122. The molecule has 3 rings (SSSR count). The van der Waals surface area contributed by atoms with Crippen LogP contribution >= 0.6 is 63.1 Å². The van der Waals surface area contributed by atoms with E-state index < -0.39 is 0 Å². The van der Waals surface area contributed by atoms with E-state index >= 15 is 0 Å². The molecule has 1 fully saturated rings. The number of amides is 1. The maximum atomic E-state index is 12.2. The quantitative estimate of drug-likeness (QED) is 0.349. The van der Waals surface area contributed by atoms with Crippen molar-refractivity contribution in [3.8, 4) is 11.5 Å². The van der Waals surface area contributed by atoms with Gasteiger partial charge in [-0.1, -0.05) is 53.2 Å². The van der Waals surface area contributed by atoms with Gasteiger partial charge in [-0.05, 0) is 51.8 Å². The largest absolute Gasteiger partial charge is 0.493 e. The van der Waals surface area contributed by atoms with Gasteiger partial charge in [-0.2, -0.15) is 0 Å². The van der Waals surface area contributed by atoms with E-state index in [4.69, 9.17) is 44.9 Å². The minimum atomic E-state index is -0.122. The smallest absolute Gasteiger partial charge is 0.265 e. The van der Waals surface area contributed by atoms with Crippen LogP contribution in [0.3, 0.4) is 0 Å². The Morgan fingerprint density at radius 3 is 2.64 bits per heavy atom. The Kier molecular flexibility index (Phi) is 6.94. The van der Waals surface area contributed by atoms with Gasteiger partial charge in [0, 0.05) is 22.7 Å². The molecule has 1 aliphatic heterocycles. The van der Waals surface area contributed by atoms with Crippen LogP contribution in [0.15, 0.2) is 39.7 Å². The third-order valence-electron chi connectivity index (χ3n) is 3.92. The summed E-state index contributed by atoms with van der Waals surface area (Å²) in [6.07, 6.45) is 1.77. The van der Waals surface area contributed by atoms with Crippen molar-refractivity contribution in [1.29, 1.82) is 0 Å². The summed E-state index contributed by atoms with van der Waals surface area (Å²) in [6, 6.07) is 8.88. The summed E-state index contributed by atoms with van der Waals surface area (Å²) in [5.74, 6) is 0.939. The number of ether oxygens (including phenoxy) is 2. The lowest BCUT2D eigenvalue weighted by Crippen LogP contribution is -2.22. The lowest BCUT2D eigenvalue weighted by atomic mass is 10.1. The molecule has 0 atom stereocenters. The second-order valence-corrected chi connectivity index (χ2v) is 9.17. The van der Waals surface area contributed by atoms with Crippen LogP contribution in [0.4, 0.5) is 0 Å². The number of carbonyl (C=O) groups is 1. The Hall–Kier alpha value is -1.25. The number of halogens is 3. The zero-order valence-electron chi connectivity index (χ0n) is 14.8. The molecular formula is C19H14BrCl2NO3S2. The highest BCUT2D eigenvalue weighted by atomic mass is 79.9. The highest BCUT2D eigenvalue weighted by Gasteiger charge is 2.28. The molecule has 1 amide bonds. The number of benzene rings is 2. The molecule has 1 saturated heterocycles. The average molecular weight is 519 g/mol. The zero-order chi connectivity index (χ0) is 20.4. The maximum absolute atomic E-state index is 12.2. The molecule has 0 aliphatic carbocycles. The van der Waals surface area contributed by atoms with Crippen molar-refractivity contribution in [1.82, 2.24) is 4.90 Å². The third kappa shape index (κ3) is 4.66. The number of thioether (sulfide) groups is 1. The molecule has 146 valence electrons. The van der Waals surface area contributed by atoms with Gasteiger partial charge in [-0.15, -0.1) is 0 Å². The normalized spacial score (nSPS) is 15.5. The van der Waals surface area contributed by atoms with Crippen molar-refractivity contribution in [3.05, 3.63) is 60.9 Å². The fraction of sp³-hybridized carbons (Fsp3) is 0.158. The summed E-state index contributed by atoms with van der Waals surface area (Å²) in [5.41, 5.74) is 1.59. The summed E-state index contributed by atoms with van der Waals surface area (Å²) in [5, 5.41) is 1.09. The number of likely N-dealkylation sites (N-methyl/N-ethyl adjacent to an activating group) is 1. The average Bonchev–Trinajstić information content (AvgIpc) is 2.88. The molecule has 2 aromatic rings. The van der Waals surface area contributed by atoms with E-state index in [-0.39, 0.29) is 12.5 Å². The van der Waals surface area contributed by atoms with E-state index in [0.717, 1.165) is 11.1 Å². The molecule has 1 heterocycles. The summed E-state index contributed by atoms with van der Waals surface area (Å²) in [7, 11) is 3.22. The first kappa shape index (κ1) is 21.5. The van der Waals surface area contributed by atoms with E-state index in [1.165, 1.54) is 16.7 Å². The molecule has 0 N–H and O–H groups in total. The van der Waals surface area contributed by atoms with Crippen molar-refractivity contribution < 1.29 is 14.3 Å². The number of thiocarbonyl (C=S) groups is 1. The molecule has 0 unspecified atom stereocenters. The summed E-state index contributed by atoms with van der Waals surface area (Å²) in [4.78, 5) is 14.2. The summed E-state index contributed by atoms with van der Waals surface area (Å²) in [6.45, 7) is 0.249. The maximum Gasteiger partial charge on any atom is 0.265 e. The van der Waals surface area contributed by atoms with E-state index in [1.807, 2.05) is 12.1 Å². The van der Waals surface area contributed by atoms with Gasteiger partial charge < -0.3 is 9.47 Å². The molecule has 1 aliphatic rings. The molecule has 0 saturated carbocycles. The molecule has 28 heavy (non-hydrogen) atoms. The van der Waals surface area contributed by atoms with Crippen molar-refractivity contribution in [2.24, 2.45) is 0 Å². The fourth-order valence-electron chi connectivity index (χ4n) is 2.45. The lowest BCUT2D eigenvalue weighted by molar-refractivity contribution is -0.121. The van der Waals surface area contributed by atoms with Crippen LogP contribution in [0.5, 0.6) is 11.5 Å². The Morgan fingerprint density at radius 2 is 2.04 bits per heavy atom. The van der Waals surface area contributed by atoms with Crippen LogP contribution in [0.1, 0.15) is 11.1 Å². The molecule has 2 aromatic carbocycles. The van der Waals surface area contributed by atoms with Crippen LogP contribution in [0.2, 0.25) is 10.0 Å². The summed E-state index contributed by atoms with van der Waals surface area (Å²) >= 11 is 22.1. The second kappa shape index (κ2) is 9.05. The lowest BCUT2D eigenvalue weighted by Gasteiger charge is -2.14. The van der Waals surface area contributed by atoms with E-state index in [9.17, 15) is 4.79 Å². The van der Waals surface area contributed by atoms with Crippen molar-refractivity contribution >= 4 is 79.4 Å². The highest BCUT2D eigenvalue weighted by Crippen LogP contribution is 2.39. The minimum Gasteiger partial charge on any atom is -0.493 e. The molecule has 0 radical (unpaired) electrons. The van der Waals surface area contributed by atoms with Gasteiger partial charge in [0.2, 0.25) is 0 Å². The van der Waals surface area contributed by atoms with Crippen LogP contribution in [0, 0.1) is 0 Å². The Bertz CT molecular complexity index is 997. The molecule has 0 aromatic heterocycles. The van der Waals surface area contributed by atoms with Gasteiger partial charge in [-0.3, -0.25) is 9.69 Å². The Balaban J connectivity index is 1.86. The van der Waals surface area contributed by atoms with Crippen LogP contribution in [0.25, 0.3) is 6.08 Å². The first-order chi connectivity index (χ1) is 13.3. The van der Waals surface area contributed by atoms with Crippen molar-refractivity contribution in [2.45, 2.75) is 6.61 Å². The Labute approximate surface area is 190 Å². The van der Waals surface area contributed by atoms with E-state index in [1.54, 1.807) is 38.4 Å².